The van der Waals surface area contributed by atoms with E-state index in [0.29, 0.717) is 11.4 Å². The monoisotopic (exact) mass is 395 g/mol. The predicted molar refractivity (Wildman–Crippen MR) is 105 cm³/mol. The van der Waals surface area contributed by atoms with Crippen molar-refractivity contribution in [3.05, 3.63) is 65.7 Å². The minimum absolute atomic E-state index is 0.0246. The van der Waals surface area contributed by atoms with Gasteiger partial charge in [0.1, 0.15) is 10.6 Å². The fraction of sp³-hybridized carbons (Fsp3) is 0.105. The number of sulfonamides is 1. The number of nitriles is 1. The Morgan fingerprint density at radius 2 is 1.68 bits per heavy atom. The molecule has 0 saturated carbocycles. The van der Waals surface area contributed by atoms with E-state index in [1.54, 1.807) is 49.4 Å². The molecule has 0 saturated heterocycles. The summed E-state index contributed by atoms with van der Waals surface area (Å²) in [6.45, 7) is 1.79. The van der Waals surface area contributed by atoms with Gasteiger partial charge in [-0.05, 0) is 61.0 Å². The van der Waals surface area contributed by atoms with Crippen LogP contribution in [0, 0.1) is 18.3 Å². The van der Waals surface area contributed by atoms with Gasteiger partial charge >= 0.3 is 0 Å². The number of ether oxygens (including phenoxy) is 1. The molecular formula is C19H17N5O3S. The summed E-state index contributed by atoms with van der Waals surface area (Å²) in [4.78, 5) is 0.0246. The molecule has 0 aliphatic rings. The lowest BCUT2D eigenvalue weighted by atomic mass is 10.2. The van der Waals surface area contributed by atoms with Crippen molar-refractivity contribution in [2.24, 2.45) is 0 Å². The van der Waals surface area contributed by atoms with Crippen molar-refractivity contribution in [3.8, 4) is 11.8 Å². The second kappa shape index (κ2) is 7.94. The molecule has 0 radical (unpaired) electrons. The number of methoxy groups -OCH3 is 1. The number of nitrogens with one attached hydrogen (secondary N) is 2. The van der Waals surface area contributed by atoms with E-state index in [-0.39, 0.29) is 16.5 Å². The van der Waals surface area contributed by atoms with Crippen LogP contribution in [-0.2, 0) is 10.0 Å². The van der Waals surface area contributed by atoms with Gasteiger partial charge < -0.3 is 10.1 Å². The number of hydrogen-bond donors (Lipinski definition) is 2. The first kappa shape index (κ1) is 19.1. The average molecular weight is 395 g/mol. The lowest BCUT2D eigenvalue weighted by Gasteiger charge is -2.12. The molecule has 9 heteroatoms. The lowest BCUT2D eigenvalue weighted by molar-refractivity contribution is 0.402. The van der Waals surface area contributed by atoms with Gasteiger partial charge in [0.25, 0.3) is 10.0 Å². The zero-order chi connectivity index (χ0) is 20.1. The lowest BCUT2D eigenvalue weighted by Crippen LogP contribution is -2.15. The first-order valence-electron chi connectivity index (χ1n) is 8.19. The summed E-state index contributed by atoms with van der Waals surface area (Å²) in [6.07, 6.45) is 0. The molecule has 2 aromatic carbocycles. The van der Waals surface area contributed by atoms with Crippen molar-refractivity contribution < 1.29 is 13.2 Å². The maximum atomic E-state index is 12.7. The van der Waals surface area contributed by atoms with Crippen LogP contribution in [0.25, 0.3) is 0 Å². The minimum Gasteiger partial charge on any atom is -0.495 e. The second-order valence-corrected chi connectivity index (χ2v) is 7.53. The van der Waals surface area contributed by atoms with E-state index in [2.05, 4.69) is 20.2 Å². The van der Waals surface area contributed by atoms with E-state index in [4.69, 9.17) is 10.00 Å². The van der Waals surface area contributed by atoms with Gasteiger partial charge in [-0.25, -0.2) is 8.42 Å². The molecule has 2 N–H and O–H groups in total. The normalized spacial score (nSPS) is 10.8. The van der Waals surface area contributed by atoms with Crippen molar-refractivity contribution in [1.82, 2.24) is 10.2 Å². The highest BCUT2D eigenvalue weighted by molar-refractivity contribution is 7.92. The Hall–Kier alpha value is -3.64. The Morgan fingerprint density at radius 1 is 1.00 bits per heavy atom. The number of hydrogen-bond acceptors (Lipinski definition) is 7. The Balaban J connectivity index is 1.76. The molecule has 1 heterocycles. The molecule has 1 aromatic heterocycles. The first-order valence-corrected chi connectivity index (χ1v) is 9.68. The van der Waals surface area contributed by atoms with E-state index in [0.717, 1.165) is 11.3 Å². The molecule has 0 spiro atoms. The maximum absolute atomic E-state index is 12.7. The third kappa shape index (κ3) is 4.36. The Labute approximate surface area is 162 Å². The Morgan fingerprint density at radius 3 is 2.29 bits per heavy atom. The topological polar surface area (TPSA) is 117 Å². The zero-order valence-electron chi connectivity index (χ0n) is 15.2. The molecule has 0 atom stereocenters. The van der Waals surface area contributed by atoms with E-state index in [9.17, 15) is 8.42 Å². The van der Waals surface area contributed by atoms with Crippen LogP contribution in [0.2, 0.25) is 0 Å². The zero-order valence-corrected chi connectivity index (χ0v) is 16.0. The highest BCUT2D eigenvalue weighted by Gasteiger charge is 2.20. The molecule has 3 rings (SSSR count). The number of aryl methyl sites for hydroxylation is 1. The number of benzene rings is 2. The van der Waals surface area contributed by atoms with Gasteiger partial charge in [0, 0.05) is 5.69 Å². The standard InChI is InChI=1S/C19H17N5O3S/c1-13-3-8-16(27-2)17(11-13)28(25,26)24-19-10-9-18(22-23-19)21-15-6-4-14(12-20)5-7-15/h3-11H,1-2H3,(H,21,22)(H,23,24). The van der Waals surface area contributed by atoms with Gasteiger partial charge in [0.15, 0.2) is 11.6 Å². The minimum atomic E-state index is -3.89. The van der Waals surface area contributed by atoms with E-state index >= 15 is 0 Å². The highest BCUT2D eigenvalue weighted by atomic mass is 32.2. The summed E-state index contributed by atoms with van der Waals surface area (Å²) in [5, 5.41) is 19.7. The summed E-state index contributed by atoms with van der Waals surface area (Å²) in [5.41, 5.74) is 2.06. The van der Waals surface area contributed by atoms with Crippen LogP contribution in [0.1, 0.15) is 11.1 Å². The molecule has 0 bridgehead atoms. The molecule has 0 fully saturated rings. The average Bonchev–Trinajstić information content (AvgIpc) is 2.70. The number of anilines is 3. The van der Waals surface area contributed by atoms with Gasteiger partial charge in [0.2, 0.25) is 0 Å². The molecule has 142 valence electrons. The molecule has 0 aliphatic heterocycles. The third-order valence-corrected chi connectivity index (χ3v) is 5.17. The third-order valence-electron chi connectivity index (χ3n) is 3.80. The fourth-order valence-electron chi connectivity index (χ4n) is 2.42. The van der Waals surface area contributed by atoms with E-state index in [1.165, 1.54) is 19.2 Å². The number of nitrogens with zero attached hydrogens (tertiary/aromatic N) is 3. The maximum Gasteiger partial charge on any atom is 0.266 e. The van der Waals surface area contributed by atoms with Gasteiger partial charge in [0.05, 0.1) is 18.7 Å². The van der Waals surface area contributed by atoms with Gasteiger partial charge in [-0.2, -0.15) is 5.26 Å². The molecule has 0 amide bonds. The summed E-state index contributed by atoms with van der Waals surface area (Å²) < 4.78 is 32.9. The number of aromatic nitrogens is 2. The van der Waals surface area contributed by atoms with E-state index in [1.807, 2.05) is 6.07 Å². The van der Waals surface area contributed by atoms with Crippen molar-refractivity contribution in [1.29, 1.82) is 5.26 Å². The summed E-state index contributed by atoms with van der Waals surface area (Å²) in [7, 11) is -2.48. The molecule has 0 aliphatic carbocycles. The molecule has 28 heavy (non-hydrogen) atoms. The highest BCUT2D eigenvalue weighted by Crippen LogP contribution is 2.26. The smallest absolute Gasteiger partial charge is 0.266 e. The Bertz CT molecular complexity index is 1120. The molecule has 3 aromatic rings. The summed E-state index contributed by atoms with van der Waals surface area (Å²) >= 11 is 0. The van der Waals surface area contributed by atoms with Gasteiger partial charge in [-0.3, -0.25) is 4.72 Å². The van der Waals surface area contributed by atoms with Crippen LogP contribution < -0.4 is 14.8 Å². The number of rotatable bonds is 6. The largest absolute Gasteiger partial charge is 0.495 e. The predicted octanol–water partition coefficient (Wildman–Crippen LogP) is 3.21. The summed E-state index contributed by atoms with van der Waals surface area (Å²) in [5.74, 6) is 0.750. The van der Waals surface area contributed by atoms with Gasteiger partial charge in [-0.1, -0.05) is 6.07 Å². The van der Waals surface area contributed by atoms with E-state index < -0.39 is 10.0 Å². The molecule has 8 nitrogen and oxygen atoms in total. The SMILES string of the molecule is COc1ccc(C)cc1S(=O)(=O)Nc1ccc(Nc2ccc(C#N)cc2)nn1. The molecular weight excluding hydrogens is 378 g/mol. The van der Waals surface area contributed by atoms with Crippen LogP contribution >= 0.6 is 0 Å². The van der Waals surface area contributed by atoms with Crippen molar-refractivity contribution in [3.63, 3.8) is 0 Å². The second-order valence-electron chi connectivity index (χ2n) is 5.88. The fourth-order valence-corrected chi connectivity index (χ4v) is 3.67. The first-order chi connectivity index (χ1) is 13.4. The van der Waals surface area contributed by atoms with Crippen LogP contribution in [0.5, 0.6) is 5.75 Å². The van der Waals surface area contributed by atoms with Crippen molar-refractivity contribution in [2.45, 2.75) is 11.8 Å². The quantitative estimate of drug-likeness (QED) is 0.658. The van der Waals surface area contributed by atoms with Crippen molar-refractivity contribution >= 4 is 27.3 Å². The van der Waals surface area contributed by atoms with Crippen molar-refractivity contribution in [2.75, 3.05) is 17.1 Å². The Kier molecular flexibility index (Phi) is 5.42. The van der Waals surface area contributed by atoms with Crippen LogP contribution in [0.3, 0.4) is 0 Å². The van der Waals surface area contributed by atoms with Crippen LogP contribution in [-0.4, -0.2) is 25.7 Å². The van der Waals surface area contributed by atoms with Gasteiger partial charge in [-0.15, -0.1) is 10.2 Å². The van der Waals surface area contributed by atoms with Crippen LogP contribution in [0.15, 0.2) is 59.5 Å². The summed E-state index contributed by atoms with van der Waals surface area (Å²) in [6, 6.07) is 16.8. The molecule has 0 unspecified atom stereocenters. The van der Waals surface area contributed by atoms with Crippen LogP contribution in [0.4, 0.5) is 17.3 Å².